The van der Waals surface area contributed by atoms with Crippen molar-refractivity contribution < 1.29 is 19.1 Å². The molecule has 0 aliphatic heterocycles. The van der Waals surface area contributed by atoms with Gasteiger partial charge in [-0.2, -0.15) is 0 Å². The molecule has 1 rings (SSSR count). The number of nitrogens with two attached hydrogens (primary N) is 1. The average Bonchev–Trinajstić information content (AvgIpc) is 2.77. The number of nitrogens with zero attached hydrogens (tertiary/aromatic N) is 1. The van der Waals surface area contributed by atoms with Crippen molar-refractivity contribution >= 4 is 29.3 Å². The van der Waals surface area contributed by atoms with Gasteiger partial charge in [0.25, 0.3) is 0 Å². The molecule has 7 heteroatoms. The third-order valence-electron chi connectivity index (χ3n) is 4.85. The van der Waals surface area contributed by atoms with Crippen LogP contribution in [0.5, 0.6) is 5.75 Å². The first-order valence-corrected chi connectivity index (χ1v) is 12.7. The standard InChI is InChI=1S/C25H40N2O4S/c1-4-6-8-16-24(28)27(18-11-7-12-20-32-21(3)26)22-14-9-10-15-23(22)31-19-13-17-25(29)30-5-2/h9-10,14-15H,3-8,11-13,16-20,26H2,1-2H3. The van der Waals surface area contributed by atoms with E-state index in [9.17, 15) is 9.59 Å². The summed E-state index contributed by atoms with van der Waals surface area (Å²) in [5.41, 5.74) is 6.40. The molecule has 0 heterocycles. The van der Waals surface area contributed by atoms with E-state index >= 15 is 0 Å². The van der Waals surface area contributed by atoms with Crippen molar-refractivity contribution in [3.05, 3.63) is 35.9 Å². The van der Waals surface area contributed by atoms with E-state index in [2.05, 4.69) is 13.5 Å². The molecule has 0 saturated heterocycles. The van der Waals surface area contributed by atoms with Crippen LogP contribution in [-0.4, -0.2) is 37.4 Å². The van der Waals surface area contributed by atoms with E-state index in [1.165, 1.54) is 0 Å². The molecule has 180 valence electrons. The Balaban J connectivity index is 2.73. The quantitative estimate of drug-likeness (QED) is 0.223. The fourth-order valence-electron chi connectivity index (χ4n) is 3.23. The van der Waals surface area contributed by atoms with E-state index in [1.807, 2.05) is 29.2 Å². The number of carbonyl (C=O) groups excluding carboxylic acids is 2. The summed E-state index contributed by atoms with van der Waals surface area (Å²) in [7, 11) is 0. The Kier molecular flexibility index (Phi) is 15.2. The zero-order chi connectivity index (χ0) is 23.6. The number of amides is 1. The van der Waals surface area contributed by atoms with Crippen molar-refractivity contribution in [2.75, 3.05) is 30.4 Å². The maximum atomic E-state index is 13.0. The van der Waals surface area contributed by atoms with Gasteiger partial charge in [0.15, 0.2) is 0 Å². The minimum Gasteiger partial charge on any atom is -0.491 e. The summed E-state index contributed by atoms with van der Waals surface area (Å²) in [4.78, 5) is 26.4. The number of ether oxygens (including phenoxy) is 2. The van der Waals surface area contributed by atoms with Crippen LogP contribution in [0.1, 0.15) is 71.6 Å². The van der Waals surface area contributed by atoms with Crippen LogP contribution in [-0.2, 0) is 14.3 Å². The van der Waals surface area contributed by atoms with Gasteiger partial charge < -0.3 is 20.1 Å². The molecule has 32 heavy (non-hydrogen) atoms. The van der Waals surface area contributed by atoms with E-state index in [1.54, 1.807) is 18.7 Å². The zero-order valence-electron chi connectivity index (χ0n) is 19.8. The van der Waals surface area contributed by atoms with Crippen LogP contribution in [0.15, 0.2) is 35.9 Å². The molecule has 0 unspecified atom stereocenters. The minimum absolute atomic E-state index is 0.130. The summed E-state index contributed by atoms with van der Waals surface area (Å²) < 4.78 is 10.9. The van der Waals surface area contributed by atoms with Gasteiger partial charge in [0.1, 0.15) is 5.75 Å². The molecule has 0 aliphatic carbocycles. The largest absolute Gasteiger partial charge is 0.491 e. The van der Waals surface area contributed by atoms with Crippen LogP contribution in [0, 0.1) is 0 Å². The van der Waals surface area contributed by atoms with Crippen molar-refractivity contribution in [2.45, 2.75) is 71.6 Å². The summed E-state index contributed by atoms with van der Waals surface area (Å²) in [5.74, 6) is 1.54. The summed E-state index contributed by atoms with van der Waals surface area (Å²) >= 11 is 1.57. The molecule has 0 saturated carbocycles. The molecule has 1 aromatic carbocycles. The summed E-state index contributed by atoms with van der Waals surface area (Å²) in [5, 5.41) is 0.645. The second-order valence-electron chi connectivity index (χ2n) is 7.60. The predicted molar refractivity (Wildman–Crippen MR) is 134 cm³/mol. The molecule has 0 aromatic heterocycles. The topological polar surface area (TPSA) is 81.9 Å². The van der Waals surface area contributed by atoms with E-state index in [0.717, 1.165) is 50.0 Å². The van der Waals surface area contributed by atoms with Gasteiger partial charge in [-0.15, -0.1) is 11.8 Å². The number of para-hydroxylation sites is 2. The van der Waals surface area contributed by atoms with Gasteiger partial charge in [0.2, 0.25) is 5.91 Å². The van der Waals surface area contributed by atoms with E-state index < -0.39 is 0 Å². The lowest BCUT2D eigenvalue weighted by atomic mass is 10.1. The number of benzene rings is 1. The predicted octanol–water partition coefficient (Wildman–Crippen LogP) is 5.66. The first-order chi connectivity index (χ1) is 15.5. The zero-order valence-corrected chi connectivity index (χ0v) is 20.6. The van der Waals surface area contributed by atoms with Gasteiger partial charge in [-0.1, -0.05) is 44.9 Å². The molecule has 0 fully saturated rings. The van der Waals surface area contributed by atoms with Crippen LogP contribution in [0.3, 0.4) is 0 Å². The number of unbranched alkanes of at least 4 members (excludes halogenated alkanes) is 4. The Morgan fingerprint density at radius 3 is 2.53 bits per heavy atom. The molecule has 0 aliphatic rings. The fourth-order valence-corrected chi connectivity index (χ4v) is 3.84. The van der Waals surface area contributed by atoms with Gasteiger partial charge >= 0.3 is 5.97 Å². The number of esters is 1. The van der Waals surface area contributed by atoms with Crippen molar-refractivity contribution in [1.82, 2.24) is 0 Å². The number of anilines is 1. The highest BCUT2D eigenvalue weighted by molar-refractivity contribution is 8.02. The van der Waals surface area contributed by atoms with Crippen LogP contribution in [0.4, 0.5) is 5.69 Å². The van der Waals surface area contributed by atoms with Gasteiger partial charge in [0, 0.05) is 19.4 Å². The van der Waals surface area contributed by atoms with E-state index in [-0.39, 0.29) is 11.9 Å². The maximum absolute atomic E-state index is 13.0. The second kappa shape index (κ2) is 17.4. The van der Waals surface area contributed by atoms with E-state index in [4.69, 9.17) is 15.2 Å². The normalized spacial score (nSPS) is 10.6. The van der Waals surface area contributed by atoms with Crippen molar-refractivity contribution in [3.63, 3.8) is 0 Å². The van der Waals surface area contributed by atoms with Crippen molar-refractivity contribution in [3.8, 4) is 5.75 Å². The van der Waals surface area contributed by atoms with Crippen molar-refractivity contribution in [2.24, 2.45) is 5.73 Å². The Labute approximate surface area is 197 Å². The lowest BCUT2D eigenvalue weighted by Gasteiger charge is -2.25. The molecular weight excluding hydrogens is 424 g/mol. The summed E-state index contributed by atoms with van der Waals surface area (Å²) in [6, 6.07) is 7.65. The number of thioether (sulfide) groups is 1. The summed E-state index contributed by atoms with van der Waals surface area (Å²) in [6.45, 7) is 9.08. The molecule has 0 spiro atoms. The first kappa shape index (κ1) is 27.9. The molecule has 0 bridgehead atoms. The molecular formula is C25H40N2O4S. The molecule has 0 atom stereocenters. The van der Waals surface area contributed by atoms with Crippen LogP contribution >= 0.6 is 11.8 Å². The Hall–Kier alpha value is -2.15. The van der Waals surface area contributed by atoms with Crippen LogP contribution < -0.4 is 15.4 Å². The minimum atomic E-state index is -0.214. The highest BCUT2D eigenvalue weighted by Gasteiger charge is 2.19. The van der Waals surface area contributed by atoms with Gasteiger partial charge in [-0.3, -0.25) is 9.59 Å². The maximum Gasteiger partial charge on any atom is 0.305 e. The summed E-state index contributed by atoms with van der Waals surface area (Å²) in [6.07, 6.45) is 7.41. The first-order valence-electron chi connectivity index (χ1n) is 11.7. The Morgan fingerprint density at radius 1 is 1.03 bits per heavy atom. The van der Waals surface area contributed by atoms with E-state index in [0.29, 0.717) is 49.8 Å². The Morgan fingerprint density at radius 2 is 1.81 bits per heavy atom. The SMILES string of the molecule is C=C(N)SCCCCCN(C(=O)CCCCC)c1ccccc1OCCCC(=O)OCC. The second-order valence-corrected chi connectivity index (χ2v) is 8.82. The van der Waals surface area contributed by atoms with Gasteiger partial charge in [0.05, 0.1) is 23.9 Å². The highest BCUT2D eigenvalue weighted by atomic mass is 32.2. The number of rotatable bonds is 18. The highest BCUT2D eigenvalue weighted by Crippen LogP contribution is 2.30. The molecule has 6 nitrogen and oxygen atoms in total. The molecule has 1 aromatic rings. The molecule has 2 N–H and O–H groups in total. The van der Waals surface area contributed by atoms with Crippen molar-refractivity contribution in [1.29, 1.82) is 0 Å². The monoisotopic (exact) mass is 464 g/mol. The lowest BCUT2D eigenvalue weighted by Crippen LogP contribution is -2.32. The molecule has 0 radical (unpaired) electrons. The van der Waals surface area contributed by atoms with Gasteiger partial charge in [-0.25, -0.2) is 0 Å². The van der Waals surface area contributed by atoms with Crippen LogP contribution in [0.25, 0.3) is 0 Å². The Bertz CT molecular complexity index is 696. The number of hydrogen-bond donors (Lipinski definition) is 1. The average molecular weight is 465 g/mol. The molecule has 1 amide bonds. The smallest absolute Gasteiger partial charge is 0.305 e. The third kappa shape index (κ3) is 12.0. The lowest BCUT2D eigenvalue weighted by molar-refractivity contribution is -0.143. The fraction of sp³-hybridized carbons (Fsp3) is 0.600. The number of hydrogen-bond acceptors (Lipinski definition) is 6. The third-order valence-corrected chi connectivity index (χ3v) is 5.72. The van der Waals surface area contributed by atoms with Crippen LogP contribution in [0.2, 0.25) is 0 Å². The van der Waals surface area contributed by atoms with Gasteiger partial charge in [-0.05, 0) is 50.5 Å². The number of carbonyl (C=O) groups is 2.